The van der Waals surface area contributed by atoms with E-state index in [-0.39, 0.29) is 73.1 Å². The van der Waals surface area contributed by atoms with Crippen LogP contribution >= 0.6 is 0 Å². The van der Waals surface area contributed by atoms with Crippen molar-refractivity contribution in [3.8, 4) is 0 Å². The Bertz CT molecular complexity index is 1840. The Balaban J connectivity index is 1.71. The number of likely N-dealkylation sites (N-methyl/N-ethyl adjacent to an activating group) is 2. The fraction of sp³-hybridized carbons (Fsp3) is 0.673. The summed E-state index contributed by atoms with van der Waals surface area (Å²) in [5.41, 5.74) is 0.762. The Morgan fingerprint density at radius 1 is 0.833 bits per heavy atom. The van der Waals surface area contributed by atoms with E-state index in [9.17, 15) is 43.5 Å². The second-order valence-electron chi connectivity index (χ2n) is 18.6. The molecule has 0 spiro atoms. The lowest BCUT2D eigenvalue weighted by molar-refractivity contribution is -0.149. The molecule has 66 heavy (non-hydrogen) atoms. The van der Waals surface area contributed by atoms with E-state index >= 15 is 0 Å². The Kier molecular flexibility index (Phi) is 21.9. The number of hydrogen-bond acceptors (Lipinski definition) is 10. The molecule has 1 saturated heterocycles. The molecule has 3 N–H and O–H groups in total. The minimum absolute atomic E-state index is 0.0818. The largest absolute Gasteiger partial charge is 0.480 e. The monoisotopic (exact) mass is 925 g/mol. The average molecular weight is 925 g/mol. The highest BCUT2D eigenvalue weighted by Gasteiger charge is 2.44. The first-order valence-corrected chi connectivity index (χ1v) is 23.5. The van der Waals surface area contributed by atoms with E-state index in [1.165, 1.54) is 36.2 Å². The van der Waals surface area contributed by atoms with Crippen molar-refractivity contribution in [1.82, 2.24) is 30.2 Å². The summed E-state index contributed by atoms with van der Waals surface area (Å²) in [7, 11) is 6.21. The molecule has 0 aliphatic carbocycles. The third kappa shape index (κ3) is 14.7. The number of carbonyl (C=O) groups is 8. The lowest BCUT2D eigenvalue weighted by Gasteiger charge is -2.41. The molecular formula is C49H76N6O11. The first-order valence-electron chi connectivity index (χ1n) is 23.5. The van der Waals surface area contributed by atoms with Crippen LogP contribution in [0.4, 0.5) is 0 Å². The Hall–Kier alpha value is -5.16. The van der Waals surface area contributed by atoms with Crippen LogP contribution in [0.15, 0.2) is 42.5 Å². The Morgan fingerprint density at radius 2 is 1.47 bits per heavy atom. The zero-order valence-corrected chi connectivity index (χ0v) is 41.0. The van der Waals surface area contributed by atoms with Crippen LogP contribution in [0.5, 0.6) is 0 Å². The molecular weight excluding hydrogens is 849 g/mol. The topological polar surface area (TPSA) is 212 Å². The molecule has 368 valence electrons. The van der Waals surface area contributed by atoms with Crippen LogP contribution in [-0.2, 0) is 54.3 Å². The minimum Gasteiger partial charge on any atom is -0.480 e. The van der Waals surface area contributed by atoms with Crippen molar-refractivity contribution < 1.29 is 52.9 Å². The summed E-state index contributed by atoms with van der Waals surface area (Å²) >= 11 is 0. The van der Waals surface area contributed by atoms with Crippen LogP contribution in [-0.4, -0.2) is 156 Å². The van der Waals surface area contributed by atoms with E-state index in [1.54, 1.807) is 55.1 Å². The van der Waals surface area contributed by atoms with E-state index in [4.69, 9.17) is 9.47 Å². The van der Waals surface area contributed by atoms with Crippen molar-refractivity contribution in [2.45, 2.75) is 149 Å². The second-order valence-corrected chi connectivity index (χ2v) is 18.6. The second kappa shape index (κ2) is 26.2. The lowest BCUT2D eigenvalue weighted by Crippen LogP contribution is -2.60. The van der Waals surface area contributed by atoms with Crippen LogP contribution < -0.4 is 10.6 Å². The number of imide groups is 1. The zero-order chi connectivity index (χ0) is 49.4. The maximum Gasteiger partial charge on any atom is 0.326 e. The first-order chi connectivity index (χ1) is 31.2. The maximum atomic E-state index is 14.6. The number of likely N-dealkylation sites (tertiary alicyclic amines) is 1. The van der Waals surface area contributed by atoms with Gasteiger partial charge in [-0.15, -0.1) is 0 Å². The number of carboxylic acids is 1. The summed E-state index contributed by atoms with van der Waals surface area (Å²) in [6, 6.07) is 4.97. The number of aliphatic carboxylic acids is 1. The highest BCUT2D eigenvalue weighted by Crippen LogP contribution is 2.30. The number of nitrogens with one attached hydrogen (secondary N) is 2. The number of rotatable bonds is 27. The van der Waals surface area contributed by atoms with Crippen LogP contribution in [0.3, 0.4) is 0 Å². The number of amides is 7. The van der Waals surface area contributed by atoms with Crippen LogP contribution in [0.1, 0.15) is 105 Å². The standard InChI is InChI=1S/C49H76N6O11/c1-12-32(6)44(37(65-10)29-41(59)54-27-19-22-36(54)45(66-11)33(7)46(60)50-35(49(63)64)28-34-20-15-13-16-21-34)53(9)48(62)42(30(2)3)51-47(61)43(31(4)5)52(8)38(56)23-17-14-18-26-55-39(57)24-25-40(55)58/h13,15-16,20-21,24-25,30-33,35-37,42-45H,12,14,17-19,22-23,26-29H2,1-11H3,(H,50,60)(H,51,61)(H,63,64)/t32-,33+,35-,36-,37+,42-,43-,44-,45-/m0/s1. The fourth-order valence-electron chi connectivity index (χ4n) is 9.26. The van der Waals surface area contributed by atoms with Gasteiger partial charge in [-0.05, 0) is 49.0 Å². The molecule has 2 aliphatic rings. The van der Waals surface area contributed by atoms with Crippen molar-refractivity contribution in [3.05, 3.63) is 48.0 Å². The summed E-state index contributed by atoms with van der Waals surface area (Å²) in [5, 5.41) is 15.6. The number of nitrogens with zero attached hydrogens (tertiary/aromatic N) is 4. The van der Waals surface area contributed by atoms with E-state index in [1.807, 2.05) is 47.6 Å². The molecule has 17 nitrogen and oxygen atoms in total. The number of benzene rings is 1. The van der Waals surface area contributed by atoms with E-state index < -0.39 is 66.1 Å². The van der Waals surface area contributed by atoms with Gasteiger partial charge in [-0.3, -0.25) is 38.5 Å². The van der Waals surface area contributed by atoms with Gasteiger partial charge in [-0.1, -0.05) is 91.6 Å². The molecule has 0 saturated carbocycles. The molecule has 2 aliphatic heterocycles. The molecule has 0 radical (unpaired) electrons. The Morgan fingerprint density at radius 3 is 2.02 bits per heavy atom. The number of methoxy groups -OCH3 is 2. The van der Waals surface area contributed by atoms with E-state index in [0.717, 1.165) is 5.56 Å². The molecule has 1 fully saturated rings. The molecule has 2 heterocycles. The third-order valence-electron chi connectivity index (χ3n) is 13.3. The van der Waals surface area contributed by atoms with Crippen molar-refractivity contribution in [1.29, 1.82) is 0 Å². The van der Waals surface area contributed by atoms with E-state index in [2.05, 4.69) is 10.6 Å². The number of ether oxygens (including phenoxy) is 2. The molecule has 0 bridgehead atoms. The fourth-order valence-corrected chi connectivity index (χ4v) is 9.26. The Labute approximate surface area is 391 Å². The van der Waals surface area contributed by atoms with Crippen LogP contribution in [0.2, 0.25) is 0 Å². The van der Waals surface area contributed by atoms with Crippen LogP contribution in [0.25, 0.3) is 0 Å². The summed E-state index contributed by atoms with van der Waals surface area (Å²) < 4.78 is 11.9. The highest BCUT2D eigenvalue weighted by molar-refractivity contribution is 6.12. The molecule has 1 aromatic carbocycles. The van der Waals surface area contributed by atoms with Gasteiger partial charge in [0.1, 0.15) is 18.1 Å². The van der Waals surface area contributed by atoms with Crippen molar-refractivity contribution >= 4 is 47.3 Å². The predicted molar refractivity (Wildman–Crippen MR) is 248 cm³/mol. The summed E-state index contributed by atoms with van der Waals surface area (Å²) in [6.07, 6.45) is 4.72. The number of carbonyl (C=O) groups excluding carboxylic acids is 7. The van der Waals surface area contributed by atoms with Gasteiger partial charge in [-0.25, -0.2) is 4.79 Å². The SMILES string of the molecule is CC[C@H](C)[C@@H]([C@@H](CC(=O)N1CCC[C@H]1[C@@H](OC)[C@@H](C)C(=O)N[C@@H](Cc1ccccc1)C(=O)O)OC)N(C)C(=O)[C@@H](NC(=O)[C@H](C(C)C)N(C)C(=O)CCCCCN1C(=O)C=CC1=O)C(C)C. The molecule has 9 atom stereocenters. The lowest BCUT2D eigenvalue weighted by atomic mass is 9.89. The maximum absolute atomic E-state index is 14.6. The van der Waals surface area contributed by atoms with Crippen molar-refractivity contribution in [3.63, 3.8) is 0 Å². The molecule has 3 rings (SSSR count). The minimum atomic E-state index is -1.16. The van der Waals surface area contributed by atoms with Gasteiger partial charge in [0.05, 0.1) is 36.6 Å². The highest BCUT2D eigenvalue weighted by atomic mass is 16.5. The van der Waals surface area contributed by atoms with Gasteiger partial charge in [0.15, 0.2) is 0 Å². The van der Waals surface area contributed by atoms with Crippen molar-refractivity contribution in [2.75, 3.05) is 41.4 Å². The number of carboxylic acid groups (broad SMARTS) is 1. The average Bonchev–Trinajstić information content (AvgIpc) is 3.89. The molecule has 7 amide bonds. The van der Waals surface area contributed by atoms with Gasteiger partial charge >= 0.3 is 5.97 Å². The molecule has 1 aromatic rings. The van der Waals surface area contributed by atoms with Crippen LogP contribution in [0, 0.1) is 23.7 Å². The van der Waals surface area contributed by atoms with Gasteiger partial charge in [-0.2, -0.15) is 0 Å². The smallest absolute Gasteiger partial charge is 0.326 e. The molecule has 17 heteroatoms. The predicted octanol–water partition coefficient (Wildman–Crippen LogP) is 3.83. The van der Waals surface area contributed by atoms with Gasteiger partial charge < -0.3 is 39.9 Å². The zero-order valence-electron chi connectivity index (χ0n) is 41.0. The number of unbranched alkanes of at least 4 members (excludes halogenated alkanes) is 2. The van der Waals surface area contributed by atoms with E-state index in [0.29, 0.717) is 45.1 Å². The molecule has 0 unspecified atom stereocenters. The van der Waals surface area contributed by atoms with Gasteiger partial charge in [0.25, 0.3) is 11.8 Å². The summed E-state index contributed by atoms with van der Waals surface area (Å²) in [5.74, 6) is -5.24. The summed E-state index contributed by atoms with van der Waals surface area (Å²) in [6.45, 7) is 13.6. The summed E-state index contributed by atoms with van der Waals surface area (Å²) in [4.78, 5) is 112. The first kappa shape index (κ1) is 55.2. The van der Waals surface area contributed by atoms with Gasteiger partial charge in [0.2, 0.25) is 29.5 Å². The quantitative estimate of drug-likeness (QED) is 0.0853. The number of hydrogen-bond donors (Lipinski definition) is 3. The van der Waals surface area contributed by atoms with Gasteiger partial charge in [0, 0.05) is 66.4 Å². The molecule has 0 aromatic heterocycles. The third-order valence-corrected chi connectivity index (χ3v) is 13.3. The normalized spacial score (nSPS) is 18.7. The van der Waals surface area contributed by atoms with Crippen molar-refractivity contribution in [2.24, 2.45) is 23.7 Å².